The van der Waals surface area contributed by atoms with Gasteiger partial charge in [-0.05, 0) is 42.3 Å². The largest absolute Gasteiger partial charge is 0.346 e. The molecule has 7 heteroatoms. The summed E-state index contributed by atoms with van der Waals surface area (Å²) < 4.78 is 15.5. The number of amides is 1. The van der Waals surface area contributed by atoms with E-state index in [2.05, 4.69) is 27.5 Å². The Bertz CT molecular complexity index is 1170. The lowest BCUT2D eigenvalue weighted by atomic mass is 10.1. The van der Waals surface area contributed by atoms with Gasteiger partial charge in [0.1, 0.15) is 11.5 Å². The number of benzene rings is 2. The van der Waals surface area contributed by atoms with E-state index >= 15 is 0 Å². The van der Waals surface area contributed by atoms with Crippen LogP contribution in [0.15, 0.2) is 73.1 Å². The molecule has 0 fully saturated rings. The Balaban J connectivity index is 1.72. The fourth-order valence-electron chi connectivity index (χ4n) is 3.19. The second kappa shape index (κ2) is 8.65. The van der Waals surface area contributed by atoms with Crippen LogP contribution in [0, 0.1) is 5.82 Å². The van der Waals surface area contributed by atoms with Crippen molar-refractivity contribution in [3.05, 3.63) is 95.7 Å². The SMILES string of the molecule is CCc1cccc(-n2nnc(C(=O)NCc3ccccc3F)c2-c2ccncc2)c1. The summed E-state index contributed by atoms with van der Waals surface area (Å²) in [4.78, 5) is 17.0. The van der Waals surface area contributed by atoms with Crippen LogP contribution in [0.5, 0.6) is 0 Å². The number of carbonyl (C=O) groups is 1. The minimum atomic E-state index is -0.428. The van der Waals surface area contributed by atoms with Gasteiger partial charge in [-0.25, -0.2) is 9.07 Å². The zero-order valence-corrected chi connectivity index (χ0v) is 16.4. The highest BCUT2D eigenvalue weighted by Gasteiger charge is 2.22. The molecule has 0 aliphatic rings. The third-order valence-electron chi connectivity index (χ3n) is 4.80. The quantitative estimate of drug-likeness (QED) is 0.531. The predicted octanol–water partition coefficient (Wildman–Crippen LogP) is 3.96. The van der Waals surface area contributed by atoms with Crippen molar-refractivity contribution in [3.63, 3.8) is 0 Å². The Kier molecular flexibility index (Phi) is 5.61. The molecule has 4 aromatic rings. The van der Waals surface area contributed by atoms with Crippen molar-refractivity contribution in [2.24, 2.45) is 0 Å². The third-order valence-corrected chi connectivity index (χ3v) is 4.80. The van der Waals surface area contributed by atoms with Crippen LogP contribution >= 0.6 is 0 Å². The molecule has 30 heavy (non-hydrogen) atoms. The summed E-state index contributed by atoms with van der Waals surface area (Å²) in [6.45, 7) is 2.13. The number of aryl methyl sites for hydroxylation is 1. The number of nitrogens with zero attached hydrogens (tertiary/aromatic N) is 4. The summed E-state index contributed by atoms with van der Waals surface area (Å²) >= 11 is 0. The molecule has 0 aliphatic heterocycles. The topological polar surface area (TPSA) is 72.7 Å². The molecule has 0 unspecified atom stereocenters. The van der Waals surface area contributed by atoms with E-state index in [9.17, 15) is 9.18 Å². The molecule has 0 saturated carbocycles. The van der Waals surface area contributed by atoms with E-state index < -0.39 is 5.91 Å². The van der Waals surface area contributed by atoms with Crippen LogP contribution in [0.4, 0.5) is 4.39 Å². The number of halogens is 1. The molecule has 0 radical (unpaired) electrons. The fourth-order valence-corrected chi connectivity index (χ4v) is 3.19. The first kappa shape index (κ1) is 19.4. The van der Waals surface area contributed by atoms with Gasteiger partial charge in [0, 0.05) is 30.1 Å². The van der Waals surface area contributed by atoms with Crippen LogP contribution < -0.4 is 5.32 Å². The van der Waals surface area contributed by atoms with E-state index in [-0.39, 0.29) is 18.1 Å². The highest BCUT2D eigenvalue weighted by atomic mass is 19.1. The van der Waals surface area contributed by atoms with Crippen LogP contribution in [0.2, 0.25) is 0 Å². The van der Waals surface area contributed by atoms with Gasteiger partial charge in [0.15, 0.2) is 5.69 Å². The van der Waals surface area contributed by atoms with Crippen LogP contribution in [0.25, 0.3) is 16.9 Å². The van der Waals surface area contributed by atoms with E-state index in [1.165, 1.54) is 6.07 Å². The zero-order valence-electron chi connectivity index (χ0n) is 16.4. The third kappa shape index (κ3) is 3.96. The van der Waals surface area contributed by atoms with Gasteiger partial charge in [-0.2, -0.15) is 0 Å². The molecule has 0 saturated heterocycles. The Hall–Kier alpha value is -3.87. The summed E-state index contributed by atoms with van der Waals surface area (Å²) in [6.07, 6.45) is 4.18. The van der Waals surface area contributed by atoms with Crippen molar-refractivity contribution < 1.29 is 9.18 Å². The number of hydrogen-bond acceptors (Lipinski definition) is 4. The minimum absolute atomic E-state index is 0.0550. The van der Waals surface area contributed by atoms with Crippen molar-refractivity contribution in [1.82, 2.24) is 25.3 Å². The number of carbonyl (C=O) groups excluding carboxylic acids is 1. The van der Waals surface area contributed by atoms with Gasteiger partial charge in [0.25, 0.3) is 5.91 Å². The van der Waals surface area contributed by atoms with Gasteiger partial charge < -0.3 is 5.32 Å². The summed E-state index contributed by atoms with van der Waals surface area (Å²) in [7, 11) is 0. The predicted molar refractivity (Wildman–Crippen MR) is 112 cm³/mol. The molecule has 2 aromatic heterocycles. The van der Waals surface area contributed by atoms with Gasteiger partial charge in [0.2, 0.25) is 0 Å². The van der Waals surface area contributed by atoms with Crippen molar-refractivity contribution in [2.45, 2.75) is 19.9 Å². The van der Waals surface area contributed by atoms with Crippen molar-refractivity contribution in [3.8, 4) is 16.9 Å². The lowest BCUT2D eigenvalue weighted by molar-refractivity contribution is 0.0946. The normalized spacial score (nSPS) is 10.7. The molecule has 0 aliphatic carbocycles. The average molecular weight is 401 g/mol. The number of aromatic nitrogens is 4. The molecular weight excluding hydrogens is 381 g/mol. The summed E-state index contributed by atoms with van der Waals surface area (Å²) in [5.74, 6) is -0.796. The molecule has 1 amide bonds. The molecule has 1 N–H and O–H groups in total. The first-order chi connectivity index (χ1) is 14.7. The Morgan fingerprint density at radius 1 is 1.07 bits per heavy atom. The molecule has 6 nitrogen and oxygen atoms in total. The van der Waals surface area contributed by atoms with E-state index in [4.69, 9.17) is 0 Å². The van der Waals surface area contributed by atoms with E-state index in [1.807, 2.05) is 24.3 Å². The first-order valence-electron chi connectivity index (χ1n) is 9.64. The molecule has 2 heterocycles. The Labute approximate surface area is 173 Å². The smallest absolute Gasteiger partial charge is 0.274 e. The maximum atomic E-state index is 13.9. The molecular formula is C23H20FN5O. The average Bonchev–Trinajstić information content (AvgIpc) is 3.24. The first-order valence-corrected chi connectivity index (χ1v) is 9.64. The summed E-state index contributed by atoms with van der Waals surface area (Å²) in [5, 5.41) is 11.1. The van der Waals surface area contributed by atoms with Gasteiger partial charge in [-0.1, -0.05) is 42.5 Å². The second-order valence-electron chi connectivity index (χ2n) is 6.73. The van der Waals surface area contributed by atoms with Crippen LogP contribution in [-0.4, -0.2) is 25.9 Å². The number of pyridine rings is 1. The van der Waals surface area contributed by atoms with Gasteiger partial charge in [0.05, 0.1) is 5.69 Å². The van der Waals surface area contributed by atoms with E-state index in [0.29, 0.717) is 11.3 Å². The maximum Gasteiger partial charge on any atom is 0.274 e. The molecule has 4 rings (SSSR count). The maximum absolute atomic E-state index is 13.9. The molecule has 0 atom stereocenters. The minimum Gasteiger partial charge on any atom is -0.346 e. The monoisotopic (exact) mass is 401 g/mol. The van der Waals surface area contributed by atoms with Crippen LogP contribution in [0.3, 0.4) is 0 Å². The van der Waals surface area contributed by atoms with Gasteiger partial charge in [-0.3, -0.25) is 9.78 Å². The van der Waals surface area contributed by atoms with Crippen molar-refractivity contribution in [2.75, 3.05) is 0 Å². The number of nitrogens with one attached hydrogen (secondary N) is 1. The summed E-state index contributed by atoms with van der Waals surface area (Å²) in [5.41, 5.74) is 3.83. The number of hydrogen-bond donors (Lipinski definition) is 1. The highest BCUT2D eigenvalue weighted by molar-refractivity contribution is 5.98. The van der Waals surface area contributed by atoms with E-state index in [0.717, 1.165) is 23.2 Å². The molecule has 0 bridgehead atoms. The second-order valence-corrected chi connectivity index (χ2v) is 6.73. The Morgan fingerprint density at radius 3 is 2.63 bits per heavy atom. The highest BCUT2D eigenvalue weighted by Crippen LogP contribution is 2.25. The lowest BCUT2D eigenvalue weighted by Gasteiger charge is -2.10. The standard InChI is InChI=1S/C23H20FN5O/c1-2-16-6-5-8-19(14-16)29-22(17-10-12-25-13-11-17)21(27-28-29)23(30)26-15-18-7-3-4-9-20(18)24/h3-14H,2,15H2,1H3,(H,26,30). The fraction of sp³-hybridized carbons (Fsp3) is 0.130. The lowest BCUT2D eigenvalue weighted by Crippen LogP contribution is -2.24. The molecule has 0 spiro atoms. The van der Waals surface area contributed by atoms with E-state index in [1.54, 1.807) is 47.4 Å². The zero-order chi connectivity index (χ0) is 20.9. The Morgan fingerprint density at radius 2 is 1.87 bits per heavy atom. The van der Waals surface area contributed by atoms with Gasteiger partial charge in [-0.15, -0.1) is 5.10 Å². The van der Waals surface area contributed by atoms with Crippen molar-refractivity contribution >= 4 is 5.91 Å². The van der Waals surface area contributed by atoms with Crippen molar-refractivity contribution in [1.29, 1.82) is 0 Å². The summed E-state index contributed by atoms with van der Waals surface area (Å²) in [6, 6.07) is 17.8. The number of rotatable bonds is 6. The van der Waals surface area contributed by atoms with Gasteiger partial charge >= 0.3 is 0 Å². The molecule has 2 aromatic carbocycles. The van der Waals surface area contributed by atoms with Crippen LogP contribution in [0.1, 0.15) is 28.5 Å². The van der Waals surface area contributed by atoms with Crippen LogP contribution in [-0.2, 0) is 13.0 Å². The molecule has 150 valence electrons.